The second-order valence-corrected chi connectivity index (χ2v) is 12.5. The lowest BCUT2D eigenvalue weighted by molar-refractivity contribution is -0.163. The van der Waals surface area contributed by atoms with Crippen LogP contribution >= 0.6 is 0 Å². The first kappa shape index (κ1) is 26.9. The summed E-state index contributed by atoms with van der Waals surface area (Å²) < 4.78 is 12.4. The van der Waals surface area contributed by atoms with E-state index in [-0.39, 0.29) is 37.0 Å². The lowest BCUT2D eigenvalue weighted by atomic mass is 9.73. The van der Waals surface area contributed by atoms with Gasteiger partial charge in [-0.05, 0) is 44.9 Å². The van der Waals surface area contributed by atoms with Gasteiger partial charge in [0.1, 0.15) is 23.2 Å². The van der Waals surface area contributed by atoms with Crippen LogP contribution in [-0.4, -0.2) is 81.8 Å². The van der Waals surface area contributed by atoms with Gasteiger partial charge in [-0.1, -0.05) is 52.0 Å². The van der Waals surface area contributed by atoms with E-state index in [9.17, 15) is 19.5 Å². The van der Waals surface area contributed by atoms with Gasteiger partial charge in [0.25, 0.3) is 0 Å². The zero-order valence-electron chi connectivity index (χ0n) is 22.6. The largest absolute Gasteiger partial charge is 0.465 e. The number of carbonyl (C=O) groups excluding carboxylic acids is 3. The van der Waals surface area contributed by atoms with Gasteiger partial charge in [0.2, 0.25) is 11.8 Å². The van der Waals surface area contributed by atoms with Crippen molar-refractivity contribution in [3.63, 3.8) is 0 Å². The minimum atomic E-state index is -1.29. The number of aliphatic hydroxyl groups is 1. The maximum absolute atomic E-state index is 14.4. The Morgan fingerprint density at radius 2 is 1.78 bits per heavy atom. The third kappa shape index (κ3) is 4.20. The Morgan fingerprint density at radius 1 is 1.06 bits per heavy atom. The monoisotopic (exact) mass is 502 g/mol. The van der Waals surface area contributed by atoms with E-state index in [0.29, 0.717) is 25.8 Å². The second-order valence-electron chi connectivity index (χ2n) is 12.5. The minimum Gasteiger partial charge on any atom is -0.465 e. The minimum absolute atomic E-state index is 0.0157. The van der Waals surface area contributed by atoms with Crippen LogP contribution in [0.5, 0.6) is 0 Å². The standard InChI is InChI=1S/C28H42N2O6/c1-7-27-12-8-9-17-35-24(34)20(27)19-22(32)29(14-11-16-31)21-23(33)30(15-10-13-28(19,21)36-27)26(5,6)18-25(2,3)4/h8,10,12-13,19-21,31H,7,9,11,14-18H2,1-6H3/t19-,20-,21?,27+,28-/m0/s1. The molecule has 36 heavy (non-hydrogen) atoms. The molecular weight excluding hydrogens is 460 g/mol. The Bertz CT molecular complexity index is 966. The van der Waals surface area contributed by atoms with E-state index in [4.69, 9.17) is 9.47 Å². The summed E-state index contributed by atoms with van der Waals surface area (Å²) in [5, 5.41) is 9.56. The number of likely N-dealkylation sites (tertiary alicyclic amines) is 1. The number of cyclic esters (lactones) is 1. The van der Waals surface area contributed by atoms with E-state index in [1.807, 2.05) is 36.1 Å². The molecule has 1 unspecified atom stereocenters. The van der Waals surface area contributed by atoms with Crippen molar-refractivity contribution in [2.45, 2.75) is 90.0 Å². The summed E-state index contributed by atoms with van der Waals surface area (Å²) in [5.74, 6) is -2.63. The van der Waals surface area contributed by atoms with E-state index in [2.05, 4.69) is 34.6 Å². The summed E-state index contributed by atoms with van der Waals surface area (Å²) in [5.41, 5.74) is -2.81. The lowest BCUT2D eigenvalue weighted by Crippen LogP contribution is -2.60. The molecule has 4 aliphatic rings. The summed E-state index contributed by atoms with van der Waals surface area (Å²) >= 11 is 0. The van der Waals surface area contributed by atoms with Crippen molar-refractivity contribution in [3.05, 3.63) is 24.3 Å². The molecule has 0 bridgehead atoms. The van der Waals surface area contributed by atoms with E-state index < -0.39 is 40.6 Å². The number of esters is 1. The molecule has 4 aliphatic heterocycles. The van der Waals surface area contributed by atoms with E-state index in [1.54, 1.807) is 4.90 Å². The molecule has 0 aliphatic carbocycles. The Balaban J connectivity index is 1.86. The van der Waals surface area contributed by atoms with Gasteiger partial charge < -0.3 is 24.4 Å². The molecule has 2 saturated heterocycles. The van der Waals surface area contributed by atoms with Crippen LogP contribution in [0, 0.1) is 17.3 Å². The second kappa shape index (κ2) is 9.28. The van der Waals surface area contributed by atoms with E-state index in [1.165, 1.54) is 0 Å². The quantitative estimate of drug-likeness (QED) is 0.443. The molecule has 2 fully saturated rings. The molecule has 0 aromatic carbocycles. The molecule has 2 amide bonds. The van der Waals surface area contributed by atoms with Crippen LogP contribution in [0.1, 0.15) is 67.2 Å². The fourth-order valence-corrected chi connectivity index (χ4v) is 7.15. The summed E-state index contributed by atoms with van der Waals surface area (Å²) in [7, 11) is 0. The molecule has 4 rings (SSSR count). The molecule has 0 aromatic heterocycles. The third-order valence-electron chi connectivity index (χ3n) is 8.15. The van der Waals surface area contributed by atoms with Gasteiger partial charge in [0.05, 0.1) is 12.5 Å². The molecule has 5 atom stereocenters. The number of carbonyl (C=O) groups is 3. The van der Waals surface area contributed by atoms with Crippen LogP contribution < -0.4 is 0 Å². The normalized spacial score (nSPS) is 34.6. The zero-order valence-corrected chi connectivity index (χ0v) is 22.6. The highest BCUT2D eigenvalue weighted by Crippen LogP contribution is 2.58. The van der Waals surface area contributed by atoms with Gasteiger partial charge in [0, 0.05) is 25.2 Å². The molecule has 0 saturated carbocycles. The first-order chi connectivity index (χ1) is 16.8. The molecule has 1 N–H and O–H groups in total. The van der Waals surface area contributed by atoms with Crippen molar-refractivity contribution in [3.8, 4) is 0 Å². The Kier molecular flexibility index (Phi) is 6.92. The highest BCUT2D eigenvalue weighted by atomic mass is 16.6. The van der Waals surface area contributed by atoms with Crippen molar-refractivity contribution in [1.29, 1.82) is 0 Å². The van der Waals surface area contributed by atoms with Gasteiger partial charge in [-0.15, -0.1) is 0 Å². The molecule has 8 heteroatoms. The van der Waals surface area contributed by atoms with Gasteiger partial charge >= 0.3 is 5.97 Å². The van der Waals surface area contributed by atoms with Crippen molar-refractivity contribution in [1.82, 2.24) is 9.80 Å². The maximum Gasteiger partial charge on any atom is 0.313 e. The number of hydrogen-bond donors (Lipinski definition) is 1. The maximum atomic E-state index is 14.4. The highest BCUT2D eigenvalue weighted by Gasteiger charge is 2.75. The molecule has 8 nitrogen and oxygen atoms in total. The fourth-order valence-electron chi connectivity index (χ4n) is 7.15. The first-order valence-electron chi connectivity index (χ1n) is 13.3. The Morgan fingerprint density at radius 3 is 2.42 bits per heavy atom. The number of rotatable bonds is 6. The van der Waals surface area contributed by atoms with Crippen LogP contribution in [0.2, 0.25) is 0 Å². The fraction of sp³-hybridized carbons (Fsp3) is 0.750. The van der Waals surface area contributed by atoms with Gasteiger partial charge in [-0.25, -0.2) is 0 Å². The van der Waals surface area contributed by atoms with Gasteiger partial charge in [0.15, 0.2) is 0 Å². The van der Waals surface area contributed by atoms with Crippen molar-refractivity contribution >= 4 is 17.8 Å². The van der Waals surface area contributed by atoms with Crippen LogP contribution in [0.4, 0.5) is 0 Å². The van der Waals surface area contributed by atoms with Crippen LogP contribution in [0.25, 0.3) is 0 Å². The third-order valence-corrected chi connectivity index (χ3v) is 8.15. The number of amides is 2. The number of aliphatic hydroxyl groups excluding tert-OH is 1. The summed E-state index contributed by atoms with van der Waals surface area (Å²) in [6.45, 7) is 13.3. The lowest BCUT2D eigenvalue weighted by Gasteiger charge is -2.45. The summed E-state index contributed by atoms with van der Waals surface area (Å²) in [6, 6.07) is -0.919. The van der Waals surface area contributed by atoms with Crippen LogP contribution in [0.3, 0.4) is 0 Å². The molecule has 4 heterocycles. The van der Waals surface area contributed by atoms with Crippen molar-refractivity contribution in [2.24, 2.45) is 17.3 Å². The summed E-state index contributed by atoms with van der Waals surface area (Å²) in [4.78, 5) is 45.3. The van der Waals surface area contributed by atoms with Gasteiger partial charge in [-0.2, -0.15) is 0 Å². The number of hydrogen-bond acceptors (Lipinski definition) is 6. The predicted molar refractivity (Wildman–Crippen MR) is 135 cm³/mol. The molecule has 1 spiro atoms. The summed E-state index contributed by atoms with van der Waals surface area (Å²) in [6.07, 6.45) is 9.81. The average Bonchev–Trinajstić information content (AvgIpc) is 3.10. The molecular formula is C28H42N2O6. The number of fused-ring (bicyclic) bond motifs is 2. The molecule has 200 valence electrons. The zero-order chi connectivity index (χ0) is 26.5. The molecule has 0 aromatic rings. The molecule has 0 radical (unpaired) electrons. The first-order valence-corrected chi connectivity index (χ1v) is 13.3. The Hall–Kier alpha value is -2.19. The highest BCUT2D eigenvalue weighted by molar-refractivity contribution is 5.99. The topological polar surface area (TPSA) is 96.4 Å². The number of ether oxygens (including phenoxy) is 2. The number of nitrogens with zero attached hydrogens (tertiary/aromatic N) is 2. The van der Waals surface area contributed by atoms with Crippen LogP contribution in [-0.2, 0) is 23.9 Å². The SMILES string of the molecule is CC[C@@]12C=CCCOC(=O)[C@@H]1[C@H]1C(=O)N(CCCO)C3C(=O)N(C(C)(C)CC(C)(C)C)CC=C[C@@]31O2. The van der Waals surface area contributed by atoms with Crippen molar-refractivity contribution in [2.75, 3.05) is 26.3 Å². The van der Waals surface area contributed by atoms with Gasteiger partial charge in [-0.3, -0.25) is 14.4 Å². The Labute approximate surface area is 214 Å². The van der Waals surface area contributed by atoms with Crippen molar-refractivity contribution < 1.29 is 29.0 Å². The van der Waals surface area contributed by atoms with Crippen LogP contribution in [0.15, 0.2) is 24.3 Å². The van der Waals surface area contributed by atoms with E-state index >= 15 is 0 Å². The smallest absolute Gasteiger partial charge is 0.313 e. The predicted octanol–water partition coefficient (Wildman–Crippen LogP) is 2.85. The average molecular weight is 503 g/mol. The van der Waals surface area contributed by atoms with E-state index in [0.717, 1.165) is 6.42 Å².